The lowest BCUT2D eigenvalue weighted by atomic mass is 9.92. The van der Waals surface area contributed by atoms with Crippen LogP contribution in [0.15, 0.2) is 54.6 Å². The fraction of sp³-hybridized carbons (Fsp3) is 0.379. The van der Waals surface area contributed by atoms with Crippen molar-refractivity contribution in [3.8, 4) is 11.8 Å². The lowest BCUT2D eigenvalue weighted by Gasteiger charge is -2.20. The second-order valence-electron chi connectivity index (χ2n) is 9.51. The molecule has 4 rings (SSSR count). The Morgan fingerprint density at radius 3 is 2.70 bits per heavy atom. The number of fused-ring (bicyclic) bond motifs is 1. The van der Waals surface area contributed by atoms with Crippen LogP contribution in [0.2, 0.25) is 0 Å². The summed E-state index contributed by atoms with van der Waals surface area (Å²) in [5, 5.41) is 16.0. The molecule has 0 bridgehead atoms. The number of amides is 2. The second kappa shape index (κ2) is 12.2. The van der Waals surface area contributed by atoms with E-state index in [-0.39, 0.29) is 36.4 Å². The Morgan fingerprint density at radius 1 is 1.19 bits per heavy atom. The van der Waals surface area contributed by atoms with Crippen LogP contribution in [-0.4, -0.2) is 42.3 Å². The highest BCUT2D eigenvalue weighted by Gasteiger charge is 2.30. The fourth-order valence-corrected chi connectivity index (χ4v) is 4.90. The van der Waals surface area contributed by atoms with Crippen molar-refractivity contribution in [3.05, 3.63) is 65.9 Å². The molecule has 1 aliphatic heterocycles. The number of rotatable bonds is 12. The van der Waals surface area contributed by atoms with Crippen molar-refractivity contribution < 1.29 is 19.1 Å². The molecule has 192 valence electrons. The molecule has 3 aromatic rings. The zero-order valence-electron chi connectivity index (χ0n) is 21.0. The predicted octanol–water partition coefficient (Wildman–Crippen LogP) is 3.92. The van der Waals surface area contributed by atoms with Gasteiger partial charge in [0.05, 0.1) is 18.9 Å². The monoisotopic (exact) mass is 500 g/mol. The van der Waals surface area contributed by atoms with Crippen LogP contribution in [-0.2, 0) is 16.0 Å². The van der Waals surface area contributed by atoms with Gasteiger partial charge in [0.2, 0.25) is 11.8 Å². The van der Waals surface area contributed by atoms with Crippen LogP contribution in [0.1, 0.15) is 48.2 Å². The van der Waals surface area contributed by atoms with Crippen LogP contribution >= 0.6 is 0 Å². The molecule has 1 aliphatic rings. The number of nitriles is 1. The van der Waals surface area contributed by atoms with Gasteiger partial charge in [0.15, 0.2) is 5.78 Å². The number of hydrogen-bond acceptors (Lipinski definition) is 5. The molecule has 1 aromatic heterocycles. The summed E-state index contributed by atoms with van der Waals surface area (Å²) in [6, 6.07) is 18.6. The predicted molar refractivity (Wildman–Crippen MR) is 140 cm³/mol. The highest BCUT2D eigenvalue weighted by Crippen LogP contribution is 2.27. The van der Waals surface area contributed by atoms with Crippen molar-refractivity contribution in [1.29, 1.82) is 5.26 Å². The van der Waals surface area contributed by atoms with Gasteiger partial charge in [-0.2, -0.15) is 5.26 Å². The van der Waals surface area contributed by atoms with Gasteiger partial charge < -0.3 is 20.4 Å². The average Bonchev–Trinajstić information content (AvgIpc) is 3.54. The van der Waals surface area contributed by atoms with Gasteiger partial charge in [-0.1, -0.05) is 36.4 Å². The van der Waals surface area contributed by atoms with E-state index in [0.717, 1.165) is 29.3 Å². The molecule has 0 spiro atoms. The van der Waals surface area contributed by atoms with E-state index in [1.54, 1.807) is 13.2 Å². The maximum Gasteiger partial charge on any atom is 0.224 e. The summed E-state index contributed by atoms with van der Waals surface area (Å²) in [5.41, 5.74) is 2.37. The molecule has 1 fully saturated rings. The van der Waals surface area contributed by atoms with Crippen molar-refractivity contribution in [3.63, 3.8) is 0 Å². The number of nitrogens with zero attached hydrogens (tertiary/aromatic N) is 1. The maximum absolute atomic E-state index is 13.3. The molecule has 37 heavy (non-hydrogen) atoms. The number of H-pyrrole nitrogens is 1. The summed E-state index contributed by atoms with van der Waals surface area (Å²) in [6.45, 7) is 0.585. The molecular weight excluding hydrogens is 468 g/mol. The van der Waals surface area contributed by atoms with Gasteiger partial charge in [-0.3, -0.25) is 14.4 Å². The molecule has 0 unspecified atom stereocenters. The van der Waals surface area contributed by atoms with E-state index in [4.69, 9.17) is 4.74 Å². The number of ether oxygens (including phenoxy) is 1. The summed E-state index contributed by atoms with van der Waals surface area (Å²) < 4.78 is 5.40. The Hall–Kier alpha value is -4.12. The summed E-state index contributed by atoms with van der Waals surface area (Å²) in [6.07, 6.45) is 2.93. The second-order valence-corrected chi connectivity index (χ2v) is 9.51. The van der Waals surface area contributed by atoms with Gasteiger partial charge >= 0.3 is 0 Å². The van der Waals surface area contributed by atoms with Crippen LogP contribution < -0.4 is 15.4 Å². The van der Waals surface area contributed by atoms with E-state index in [0.29, 0.717) is 30.8 Å². The number of methoxy groups -OCH3 is 1. The zero-order chi connectivity index (χ0) is 26.2. The number of benzene rings is 2. The van der Waals surface area contributed by atoms with E-state index >= 15 is 0 Å². The molecule has 2 amide bonds. The maximum atomic E-state index is 13.3. The van der Waals surface area contributed by atoms with Gasteiger partial charge in [-0.25, -0.2) is 0 Å². The molecule has 0 aliphatic carbocycles. The largest absolute Gasteiger partial charge is 0.496 e. The van der Waals surface area contributed by atoms with Crippen molar-refractivity contribution in [1.82, 2.24) is 15.6 Å². The number of Topliss-reactive ketones (excluding diaryl/α,β-unsaturated/α-hetero) is 1. The molecule has 1 saturated heterocycles. The van der Waals surface area contributed by atoms with Crippen molar-refractivity contribution in [2.75, 3.05) is 13.7 Å². The third kappa shape index (κ3) is 6.56. The number of ketones is 1. The van der Waals surface area contributed by atoms with Crippen molar-refractivity contribution in [2.45, 2.75) is 44.6 Å². The minimum atomic E-state index is -0.787. The first-order valence-electron chi connectivity index (χ1n) is 12.7. The third-order valence-corrected chi connectivity index (χ3v) is 6.96. The Bertz CT molecular complexity index is 1290. The molecule has 3 N–H and O–H groups in total. The minimum Gasteiger partial charge on any atom is -0.496 e. The molecule has 2 heterocycles. The van der Waals surface area contributed by atoms with Gasteiger partial charge in [-0.15, -0.1) is 0 Å². The number of aromatic nitrogens is 1. The quantitative estimate of drug-likeness (QED) is 0.325. The van der Waals surface area contributed by atoms with Crippen LogP contribution in [0.5, 0.6) is 5.75 Å². The SMILES string of the molecule is COc1cccc2[nH]c(C(=O)C[C@@H](CCCc3ccccc3)C(=O)N[C@H](C#N)C[C@@H]3CCNC3=O)cc12. The molecule has 0 saturated carbocycles. The molecule has 3 atom stereocenters. The Kier molecular flexibility index (Phi) is 8.57. The number of aromatic amines is 1. The molecule has 8 heteroatoms. The summed E-state index contributed by atoms with van der Waals surface area (Å²) >= 11 is 0. The third-order valence-electron chi connectivity index (χ3n) is 6.96. The standard InChI is InChI=1S/C29H32N4O4/c1-37-27-12-6-11-24-23(27)17-25(33-24)26(34)16-20(10-5-9-19-7-3-2-4-8-19)29(36)32-22(18-30)15-21-13-14-31-28(21)35/h2-4,6-8,11-12,17,20-22,33H,5,9-10,13-16H2,1H3,(H,31,35)(H,32,36)/t20-,21+,22+/m1/s1. The number of nitrogens with one attached hydrogen (secondary N) is 3. The first-order valence-corrected chi connectivity index (χ1v) is 12.7. The highest BCUT2D eigenvalue weighted by atomic mass is 16.5. The summed E-state index contributed by atoms with van der Waals surface area (Å²) in [5.74, 6) is -0.819. The average molecular weight is 501 g/mol. The first-order chi connectivity index (χ1) is 18.0. The summed E-state index contributed by atoms with van der Waals surface area (Å²) in [4.78, 5) is 41.7. The number of carbonyl (C=O) groups excluding carboxylic acids is 3. The Labute approximate surface area is 216 Å². The van der Waals surface area contributed by atoms with Crippen LogP contribution in [0.3, 0.4) is 0 Å². The van der Waals surface area contributed by atoms with E-state index in [1.807, 2.05) is 48.5 Å². The molecular formula is C29H32N4O4. The highest BCUT2D eigenvalue weighted by molar-refractivity contribution is 6.02. The van der Waals surface area contributed by atoms with E-state index in [9.17, 15) is 19.6 Å². The van der Waals surface area contributed by atoms with Gasteiger partial charge in [0, 0.05) is 35.7 Å². The summed E-state index contributed by atoms with van der Waals surface area (Å²) in [7, 11) is 1.58. The van der Waals surface area contributed by atoms with Gasteiger partial charge in [0.25, 0.3) is 0 Å². The number of aryl methyl sites for hydroxylation is 1. The smallest absolute Gasteiger partial charge is 0.224 e. The minimum absolute atomic E-state index is 0.0117. The molecule has 2 aromatic carbocycles. The van der Waals surface area contributed by atoms with Crippen LogP contribution in [0, 0.1) is 23.2 Å². The van der Waals surface area contributed by atoms with Gasteiger partial charge in [0.1, 0.15) is 11.8 Å². The lowest BCUT2D eigenvalue weighted by molar-refractivity contribution is -0.126. The number of hydrogen-bond donors (Lipinski definition) is 3. The lowest BCUT2D eigenvalue weighted by Crippen LogP contribution is -2.40. The molecule has 0 radical (unpaired) electrons. The van der Waals surface area contributed by atoms with Crippen LogP contribution in [0.25, 0.3) is 10.9 Å². The Balaban J connectivity index is 1.46. The zero-order valence-corrected chi connectivity index (χ0v) is 21.0. The van der Waals surface area contributed by atoms with Crippen LogP contribution in [0.4, 0.5) is 0 Å². The van der Waals surface area contributed by atoms with E-state index in [2.05, 4.69) is 21.7 Å². The fourth-order valence-electron chi connectivity index (χ4n) is 4.90. The van der Waals surface area contributed by atoms with E-state index < -0.39 is 12.0 Å². The van der Waals surface area contributed by atoms with E-state index in [1.165, 1.54) is 0 Å². The number of carbonyl (C=O) groups is 3. The van der Waals surface area contributed by atoms with Crippen molar-refractivity contribution >= 4 is 28.5 Å². The normalized spacial score (nSPS) is 16.5. The topological polar surface area (TPSA) is 124 Å². The van der Waals surface area contributed by atoms with Gasteiger partial charge in [-0.05, 0) is 55.9 Å². The Morgan fingerprint density at radius 2 is 2.00 bits per heavy atom. The first kappa shape index (κ1) is 26.0. The van der Waals surface area contributed by atoms with Crippen molar-refractivity contribution in [2.24, 2.45) is 11.8 Å². The molecule has 8 nitrogen and oxygen atoms in total.